The molecule has 0 saturated heterocycles. The van der Waals surface area contributed by atoms with E-state index >= 15 is 0 Å². The van der Waals surface area contributed by atoms with Gasteiger partial charge < -0.3 is 9.47 Å². The number of ketones is 1. The molecule has 0 aromatic heterocycles. The molecule has 0 aliphatic carbocycles. The SMILES string of the molecule is COc1ccc2c(c1)OC(C)(C)CC2C(=O)c1ccccc1. The molecule has 1 aliphatic rings. The van der Waals surface area contributed by atoms with E-state index in [4.69, 9.17) is 9.47 Å². The average molecular weight is 296 g/mol. The summed E-state index contributed by atoms with van der Waals surface area (Å²) in [6.45, 7) is 4.03. The summed E-state index contributed by atoms with van der Waals surface area (Å²) < 4.78 is 11.3. The maximum Gasteiger partial charge on any atom is 0.170 e. The van der Waals surface area contributed by atoms with E-state index in [1.165, 1.54) is 0 Å². The van der Waals surface area contributed by atoms with Gasteiger partial charge in [0.2, 0.25) is 0 Å². The number of hydrogen-bond donors (Lipinski definition) is 0. The van der Waals surface area contributed by atoms with Crippen LogP contribution in [0, 0.1) is 0 Å². The normalized spacial score (nSPS) is 19.0. The Balaban J connectivity index is 2.04. The third kappa shape index (κ3) is 2.71. The number of methoxy groups -OCH3 is 1. The van der Waals surface area contributed by atoms with Crippen LogP contribution in [0.1, 0.15) is 42.1 Å². The third-order valence-electron chi connectivity index (χ3n) is 4.05. The molecule has 1 aliphatic heterocycles. The van der Waals surface area contributed by atoms with E-state index in [9.17, 15) is 4.79 Å². The molecule has 3 heteroatoms. The smallest absolute Gasteiger partial charge is 0.170 e. The molecule has 0 fully saturated rings. The molecule has 1 unspecified atom stereocenters. The molecule has 1 atom stereocenters. The molecule has 1 heterocycles. The summed E-state index contributed by atoms with van der Waals surface area (Å²) in [5.41, 5.74) is 1.30. The van der Waals surface area contributed by atoms with E-state index in [0.717, 1.165) is 22.6 Å². The summed E-state index contributed by atoms with van der Waals surface area (Å²) in [6, 6.07) is 15.1. The summed E-state index contributed by atoms with van der Waals surface area (Å²) in [7, 11) is 1.63. The molecule has 0 radical (unpaired) electrons. The first-order valence-electron chi connectivity index (χ1n) is 7.46. The lowest BCUT2D eigenvalue weighted by Gasteiger charge is -2.37. The van der Waals surface area contributed by atoms with Crippen LogP contribution in [0.5, 0.6) is 11.5 Å². The van der Waals surface area contributed by atoms with Crippen molar-refractivity contribution in [3.8, 4) is 11.5 Å². The van der Waals surface area contributed by atoms with Crippen LogP contribution in [-0.2, 0) is 0 Å². The van der Waals surface area contributed by atoms with Crippen LogP contribution in [0.3, 0.4) is 0 Å². The number of hydrogen-bond acceptors (Lipinski definition) is 3. The first kappa shape index (κ1) is 14.6. The summed E-state index contributed by atoms with van der Waals surface area (Å²) in [6.07, 6.45) is 0.667. The fourth-order valence-electron chi connectivity index (χ4n) is 3.00. The van der Waals surface area contributed by atoms with Crippen LogP contribution in [0.2, 0.25) is 0 Å². The summed E-state index contributed by atoms with van der Waals surface area (Å²) in [5.74, 6) is 1.43. The van der Waals surface area contributed by atoms with E-state index in [2.05, 4.69) is 0 Å². The average Bonchev–Trinajstić information content (AvgIpc) is 2.52. The number of carbonyl (C=O) groups is 1. The van der Waals surface area contributed by atoms with Crippen LogP contribution in [-0.4, -0.2) is 18.5 Å². The minimum absolute atomic E-state index is 0.142. The Hall–Kier alpha value is -2.29. The number of rotatable bonds is 3. The Labute approximate surface area is 130 Å². The molecule has 0 saturated carbocycles. The molecule has 2 aromatic rings. The van der Waals surface area contributed by atoms with Crippen molar-refractivity contribution in [2.24, 2.45) is 0 Å². The predicted molar refractivity (Wildman–Crippen MR) is 85.8 cm³/mol. The van der Waals surface area contributed by atoms with Crippen LogP contribution < -0.4 is 9.47 Å². The first-order chi connectivity index (χ1) is 10.5. The maximum atomic E-state index is 12.9. The highest BCUT2D eigenvalue weighted by Crippen LogP contribution is 2.43. The topological polar surface area (TPSA) is 35.5 Å². The molecular weight excluding hydrogens is 276 g/mol. The highest BCUT2D eigenvalue weighted by atomic mass is 16.5. The van der Waals surface area contributed by atoms with Crippen molar-refractivity contribution in [2.75, 3.05) is 7.11 Å². The number of Topliss-reactive ketones (excluding diaryl/α,β-unsaturated/α-hetero) is 1. The number of benzene rings is 2. The number of ether oxygens (including phenoxy) is 2. The highest BCUT2D eigenvalue weighted by Gasteiger charge is 2.37. The molecule has 3 nitrogen and oxygen atoms in total. The van der Waals surface area contributed by atoms with Gasteiger partial charge in [0.05, 0.1) is 13.0 Å². The van der Waals surface area contributed by atoms with Crippen LogP contribution in [0.25, 0.3) is 0 Å². The largest absolute Gasteiger partial charge is 0.497 e. The van der Waals surface area contributed by atoms with Gasteiger partial charge in [0.15, 0.2) is 5.78 Å². The van der Waals surface area contributed by atoms with Crippen molar-refractivity contribution in [3.63, 3.8) is 0 Å². The lowest BCUT2D eigenvalue weighted by atomic mass is 9.80. The third-order valence-corrected chi connectivity index (χ3v) is 4.05. The lowest BCUT2D eigenvalue weighted by Crippen LogP contribution is -2.37. The molecule has 0 bridgehead atoms. The Morgan fingerprint density at radius 3 is 2.59 bits per heavy atom. The van der Waals surface area contributed by atoms with Gasteiger partial charge in [-0.2, -0.15) is 0 Å². The van der Waals surface area contributed by atoms with E-state index in [1.54, 1.807) is 7.11 Å². The fraction of sp³-hybridized carbons (Fsp3) is 0.316. The van der Waals surface area contributed by atoms with Crippen molar-refractivity contribution in [1.82, 2.24) is 0 Å². The second-order valence-corrected chi connectivity index (χ2v) is 6.25. The van der Waals surface area contributed by atoms with Gasteiger partial charge in [0.25, 0.3) is 0 Å². The predicted octanol–water partition coefficient (Wildman–Crippen LogP) is 4.22. The zero-order valence-electron chi connectivity index (χ0n) is 13.1. The maximum absolute atomic E-state index is 12.9. The quantitative estimate of drug-likeness (QED) is 0.795. The van der Waals surface area contributed by atoms with Gasteiger partial charge in [-0.1, -0.05) is 36.4 Å². The van der Waals surface area contributed by atoms with Crippen LogP contribution in [0.15, 0.2) is 48.5 Å². The van der Waals surface area contributed by atoms with E-state index in [1.807, 2.05) is 62.4 Å². The van der Waals surface area contributed by atoms with E-state index in [-0.39, 0.29) is 17.3 Å². The standard InChI is InChI=1S/C19H20O3/c1-19(2)12-16(18(20)13-7-5-4-6-8-13)15-10-9-14(21-3)11-17(15)22-19/h4-11,16H,12H2,1-3H3. The van der Waals surface area contributed by atoms with Gasteiger partial charge in [-0.3, -0.25) is 4.79 Å². The van der Waals surface area contributed by atoms with E-state index in [0.29, 0.717) is 6.42 Å². The summed E-state index contributed by atoms with van der Waals surface area (Å²) in [5, 5.41) is 0. The summed E-state index contributed by atoms with van der Waals surface area (Å²) in [4.78, 5) is 12.9. The van der Waals surface area contributed by atoms with Crippen LogP contribution >= 0.6 is 0 Å². The minimum Gasteiger partial charge on any atom is -0.497 e. The van der Waals surface area contributed by atoms with Crippen molar-refractivity contribution in [3.05, 3.63) is 59.7 Å². The van der Waals surface area contributed by atoms with Gasteiger partial charge in [-0.05, 0) is 19.9 Å². The monoisotopic (exact) mass is 296 g/mol. The first-order valence-corrected chi connectivity index (χ1v) is 7.46. The Bertz CT molecular complexity index is 689. The molecule has 2 aromatic carbocycles. The van der Waals surface area contributed by atoms with Crippen molar-refractivity contribution < 1.29 is 14.3 Å². The van der Waals surface area contributed by atoms with E-state index < -0.39 is 0 Å². The lowest BCUT2D eigenvalue weighted by molar-refractivity contribution is 0.0616. The molecule has 0 N–H and O–H groups in total. The Kier molecular flexibility index (Phi) is 3.65. The number of carbonyl (C=O) groups excluding carboxylic acids is 1. The van der Waals surface area contributed by atoms with Crippen molar-refractivity contribution >= 4 is 5.78 Å². The highest BCUT2D eigenvalue weighted by molar-refractivity contribution is 6.01. The second-order valence-electron chi connectivity index (χ2n) is 6.25. The molecule has 3 rings (SSSR count). The molecule has 22 heavy (non-hydrogen) atoms. The second kappa shape index (κ2) is 5.48. The van der Waals surface area contributed by atoms with Gasteiger partial charge in [-0.15, -0.1) is 0 Å². The Morgan fingerprint density at radius 1 is 1.18 bits per heavy atom. The fourth-order valence-corrected chi connectivity index (χ4v) is 3.00. The number of fused-ring (bicyclic) bond motifs is 1. The van der Waals surface area contributed by atoms with Crippen molar-refractivity contribution in [2.45, 2.75) is 31.8 Å². The van der Waals surface area contributed by atoms with Crippen molar-refractivity contribution in [1.29, 1.82) is 0 Å². The zero-order chi connectivity index (χ0) is 15.7. The van der Waals surface area contributed by atoms with Gasteiger partial charge in [-0.25, -0.2) is 0 Å². The van der Waals surface area contributed by atoms with Gasteiger partial charge in [0, 0.05) is 23.6 Å². The van der Waals surface area contributed by atoms with Gasteiger partial charge in [0.1, 0.15) is 17.1 Å². The molecule has 114 valence electrons. The molecule has 0 amide bonds. The van der Waals surface area contributed by atoms with Gasteiger partial charge >= 0.3 is 0 Å². The molecular formula is C19H20O3. The molecule has 0 spiro atoms. The summed E-state index contributed by atoms with van der Waals surface area (Å²) >= 11 is 0. The zero-order valence-corrected chi connectivity index (χ0v) is 13.1. The Morgan fingerprint density at radius 2 is 1.91 bits per heavy atom. The minimum atomic E-state index is -0.380. The van der Waals surface area contributed by atoms with Crippen LogP contribution in [0.4, 0.5) is 0 Å².